The SMILES string of the molecule is CC(C)(C)[S@](=O)N=Cc1ccc(Cl)nc1. The van der Waals surface area contributed by atoms with Gasteiger partial charge < -0.3 is 0 Å². The Labute approximate surface area is 97.2 Å². The van der Waals surface area contributed by atoms with Crippen molar-refractivity contribution in [2.45, 2.75) is 25.5 Å². The summed E-state index contributed by atoms with van der Waals surface area (Å²) in [6.07, 6.45) is 3.14. The van der Waals surface area contributed by atoms with E-state index in [-0.39, 0.29) is 4.75 Å². The fraction of sp³-hybridized carbons (Fsp3) is 0.400. The third kappa shape index (κ3) is 4.10. The minimum absolute atomic E-state index is 0.337. The van der Waals surface area contributed by atoms with E-state index in [0.29, 0.717) is 5.15 Å². The molecule has 0 N–H and O–H groups in total. The minimum atomic E-state index is -1.23. The van der Waals surface area contributed by atoms with Gasteiger partial charge in [0.1, 0.15) is 16.1 Å². The normalized spacial score (nSPS) is 14.4. The number of hydrogen-bond acceptors (Lipinski definition) is 2. The molecule has 0 saturated heterocycles. The van der Waals surface area contributed by atoms with Crippen LogP contribution < -0.4 is 0 Å². The van der Waals surface area contributed by atoms with Gasteiger partial charge in [0.05, 0.1) is 4.75 Å². The fourth-order valence-corrected chi connectivity index (χ4v) is 1.38. The van der Waals surface area contributed by atoms with Crippen LogP contribution in [0.3, 0.4) is 0 Å². The van der Waals surface area contributed by atoms with Gasteiger partial charge in [-0.05, 0) is 32.9 Å². The van der Waals surface area contributed by atoms with E-state index in [1.807, 2.05) is 20.8 Å². The van der Waals surface area contributed by atoms with Crippen molar-refractivity contribution in [3.8, 4) is 0 Å². The molecule has 0 amide bonds. The highest BCUT2D eigenvalue weighted by Gasteiger charge is 2.17. The Kier molecular flexibility index (Phi) is 3.99. The Morgan fingerprint density at radius 2 is 2.13 bits per heavy atom. The first-order valence-corrected chi connectivity index (χ1v) is 5.96. The highest BCUT2D eigenvalue weighted by molar-refractivity contribution is 7.85. The fourth-order valence-electron chi connectivity index (χ4n) is 0.730. The van der Waals surface area contributed by atoms with Gasteiger partial charge in [0.15, 0.2) is 0 Å². The second-order valence-electron chi connectivity index (χ2n) is 4.01. The molecule has 1 atom stereocenters. The summed E-state index contributed by atoms with van der Waals surface area (Å²) in [5.74, 6) is 0. The van der Waals surface area contributed by atoms with Crippen LogP contribution in [0, 0.1) is 0 Å². The number of rotatable bonds is 2. The highest BCUT2D eigenvalue weighted by Crippen LogP contribution is 2.12. The monoisotopic (exact) mass is 244 g/mol. The molecular weight excluding hydrogens is 232 g/mol. The molecule has 5 heteroatoms. The van der Waals surface area contributed by atoms with Crippen molar-refractivity contribution in [3.63, 3.8) is 0 Å². The second kappa shape index (κ2) is 4.86. The Morgan fingerprint density at radius 1 is 1.47 bits per heavy atom. The van der Waals surface area contributed by atoms with Gasteiger partial charge in [-0.15, -0.1) is 0 Å². The summed E-state index contributed by atoms with van der Waals surface area (Å²) in [5, 5.41) is 0.434. The van der Waals surface area contributed by atoms with Crippen LogP contribution in [0.15, 0.2) is 22.7 Å². The van der Waals surface area contributed by atoms with E-state index >= 15 is 0 Å². The van der Waals surface area contributed by atoms with Crippen LogP contribution in [0.5, 0.6) is 0 Å². The van der Waals surface area contributed by atoms with Gasteiger partial charge in [0, 0.05) is 18.0 Å². The van der Waals surface area contributed by atoms with Crippen LogP contribution in [0.4, 0.5) is 0 Å². The lowest BCUT2D eigenvalue weighted by Gasteiger charge is -2.12. The van der Waals surface area contributed by atoms with Crippen molar-refractivity contribution < 1.29 is 4.21 Å². The first kappa shape index (κ1) is 12.3. The zero-order valence-electron chi connectivity index (χ0n) is 8.90. The van der Waals surface area contributed by atoms with Crippen LogP contribution in [-0.4, -0.2) is 20.2 Å². The first-order chi connectivity index (χ1) is 6.89. The molecule has 0 aliphatic rings. The predicted octanol–water partition coefficient (Wildman–Crippen LogP) is 2.62. The molecule has 3 nitrogen and oxygen atoms in total. The summed E-state index contributed by atoms with van der Waals surface area (Å²) in [6.45, 7) is 5.63. The smallest absolute Gasteiger partial charge is 0.144 e. The predicted molar refractivity (Wildman–Crippen MR) is 64.7 cm³/mol. The van der Waals surface area contributed by atoms with Crippen LogP contribution in [0.25, 0.3) is 0 Å². The molecule has 0 aliphatic carbocycles. The van der Waals surface area contributed by atoms with E-state index in [1.54, 1.807) is 24.5 Å². The first-order valence-electron chi connectivity index (χ1n) is 4.47. The van der Waals surface area contributed by atoms with E-state index in [1.165, 1.54) is 0 Å². The van der Waals surface area contributed by atoms with Crippen LogP contribution in [0.2, 0.25) is 5.15 Å². The summed E-state index contributed by atoms with van der Waals surface area (Å²) in [7, 11) is -1.23. The van der Waals surface area contributed by atoms with Gasteiger partial charge in [0.2, 0.25) is 0 Å². The lowest BCUT2D eigenvalue weighted by Crippen LogP contribution is -2.19. The van der Waals surface area contributed by atoms with Crippen molar-refractivity contribution in [1.29, 1.82) is 0 Å². The molecule has 1 heterocycles. The molecule has 0 bridgehead atoms. The second-order valence-corrected chi connectivity index (χ2v) is 6.33. The molecule has 0 fully saturated rings. The van der Waals surface area contributed by atoms with Gasteiger partial charge in [-0.2, -0.15) is 4.40 Å². The Bertz CT molecular complexity index is 381. The van der Waals surface area contributed by atoms with Gasteiger partial charge >= 0.3 is 0 Å². The lowest BCUT2D eigenvalue weighted by atomic mass is 10.3. The zero-order chi connectivity index (χ0) is 11.5. The number of halogens is 1. The zero-order valence-corrected chi connectivity index (χ0v) is 10.5. The molecular formula is C10H13ClN2OS. The van der Waals surface area contributed by atoms with E-state index in [9.17, 15) is 4.21 Å². The van der Waals surface area contributed by atoms with Gasteiger partial charge in [-0.25, -0.2) is 9.19 Å². The Balaban J connectivity index is 2.74. The number of aromatic nitrogens is 1. The molecule has 0 unspecified atom stereocenters. The molecule has 1 rings (SSSR count). The van der Waals surface area contributed by atoms with Crippen molar-refractivity contribution in [3.05, 3.63) is 29.0 Å². The standard InChI is InChI=1S/C10H13ClN2OS/c1-10(2,3)15(14)13-7-8-4-5-9(11)12-6-8/h4-7H,1-3H3/t15-/m0/s1. The molecule has 0 radical (unpaired) electrons. The van der Waals surface area contributed by atoms with Gasteiger partial charge in [-0.1, -0.05) is 11.6 Å². The van der Waals surface area contributed by atoms with Crippen LogP contribution in [0.1, 0.15) is 26.3 Å². The lowest BCUT2D eigenvalue weighted by molar-refractivity contribution is 0.651. The van der Waals surface area contributed by atoms with E-state index in [2.05, 4.69) is 9.38 Å². The number of hydrogen-bond donors (Lipinski definition) is 0. The number of nitrogens with zero attached hydrogens (tertiary/aromatic N) is 2. The average molecular weight is 245 g/mol. The maximum absolute atomic E-state index is 11.6. The topological polar surface area (TPSA) is 42.3 Å². The molecule has 15 heavy (non-hydrogen) atoms. The Morgan fingerprint density at radius 3 is 2.60 bits per heavy atom. The summed E-state index contributed by atoms with van der Waals surface area (Å²) in [5.41, 5.74) is 0.789. The maximum atomic E-state index is 11.6. The summed E-state index contributed by atoms with van der Waals surface area (Å²) in [4.78, 5) is 3.89. The molecule has 0 aliphatic heterocycles. The van der Waals surface area contributed by atoms with Crippen molar-refractivity contribution >= 4 is 28.8 Å². The highest BCUT2D eigenvalue weighted by atomic mass is 35.5. The van der Waals surface area contributed by atoms with Crippen molar-refractivity contribution in [2.75, 3.05) is 0 Å². The van der Waals surface area contributed by atoms with Crippen LogP contribution in [-0.2, 0) is 11.0 Å². The molecule has 82 valence electrons. The summed E-state index contributed by atoms with van der Waals surface area (Å²) in [6, 6.07) is 3.45. The van der Waals surface area contributed by atoms with E-state index in [0.717, 1.165) is 5.56 Å². The summed E-state index contributed by atoms with van der Waals surface area (Å²) >= 11 is 5.63. The number of pyridine rings is 1. The molecule has 0 aromatic carbocycles. The molecule has 0 saturated carbocycles. The van der Waals surface area contributed by atoms with Gasteiger partial charge in [-0.3, -0.25) is 0 Å². The van der Waals surface area contributed by atoms with Gasteiger partial charge in [0.25, 0.3) is 0 Å². The third-order valence-electron chi connectivity index (χ3n) is 1.57. The molecule has 1 aromatic rings. The summed E-state index contributed by atoms with van der Waals surface area (Å²) < 4.78 is 15.2. The van der Waals surface area contributed by atoms with Crippen LogP contribution >= 0.6 is 11.6 Å². The minimum Gasteiger partial charge on any atom is -0.244 e. The quantitative estimate of drug-likeness (QED) is 0.593. The van der Waals surface area contributed by atoms with Crippen molar-refractivity contribution in [2.24, 2.45) is 4.40 Å². The largest absolute Gasteiger partial charge is 0.244 e. The molecule has 1 aromatic heterocycles. The van der Waals surface area contributed by atoms with E-state index in [4.69, 9.17) is 11.6 Å². The third-order valence-corrected chi connectivity index (χ3v) is 3.14. The maximum Gasteiger partial charge on any atom is 0.144 e. The van der Waals surface area contributed by atoms with Crippen molar-refractivity contribution in [1.82, 2.24) is 4.98 Å². The Hall–Kier alpha value is -0.740. The molecule has 0 spiro atoms. The van der Waals surface area contributed by atoms with E-state index < -0.39 is 11.0 Å². The average Bonchev–Trinajstić information content (AvgIpc) is 2.15.